The Morgan fingerprint density at radius 2 is 0.758 bits per heavy atom. The third-order valence-corrected chi connectivity index (χ3v) is 4.76. The van der Waals surface area contributed by atoms with Gasteiger partial charge in [-0.3, -0.25) is 0 Å². The Morgan fingerprint density at radius 1 is 0.485 bits per heavy atom. The predicted octanol–water partition coefficient (Wildman–Crippen LogP) is 6.82. The lowest BCUT2D eigenvalue weighted by Gasteiger charge is -2.45. The van der Waals surface area contributed by atoms with E-state index in [0.717, 1.165) is 0 Å². The standard InChI is InChI=1S/C12H6F19IO/c13-4(14,1-3(32)2-33)6(16,17)8(20,21)10(24,25)9(22,23)7(18,19)5(15,11(26,27)28)12(29,30)31/h3,33H,1-2H2/t3-/m1/s1. The van der Waals surface area contributed by atoms with Crippen LogP contribution in [0.1, 0.15) is 6.42 Å². The van der Waals surface area contributed by atoms with E-state index in [4.69, 9.17) is 5.11 Å². The van der Waals surface area contributed by atoms with Crippen molar-refractivity contribution in [3.8, 4) is 0 Å². The van der Waals surface area contributed by atoms with E-state index < -0.39 is 70.5 Å². The first-order valence-electron chi connectivity index (χ1n) is 7.30. The summed E-state index contributed by atoms with van der Waals surface area (Å²) in [6.07, 6.45) is -19.3. The Balaban J connectivity index is 7.00. The summed E-state index contributed by atoms with van der Waals surface area (Å²) >= 11 is 0.613. The molecule has 0 aliphatic rings. The van der Waals surface area contributed by atoms with E-state index >= 15 is 0 Å². The van der Waals surface area contributed by atoms with Crippen LogP contribution in [0.3, 0.4) is 0 Å². The van der Waals surface area contributed by atoms with Crippen molar-refractivity contribution >= 4 is 22.6 Å². The van der Waals surface area contributed by atoms with Gasteiger partial charge in [-0.15, -0.1) is 0 Å². The quantitative estimate of drug-likeness (QED) is 0.165. The average molecular weight is 654 g/mol. The molecule has 0 aromatic heterocycles. The van der Waals surface area contributed by atoms with Gasteiger partial charge in [0, 0.05) is 10.3 Å². The first-order chi connectivity index (χ1) is 14.0. The molecule has 0 amide bonds. The van der Waals surface area contributed by atoms with Crippen molar-refractivity contribution in [3.63, 3.8) is 0 Å². The first kappa shape index (κ1) is 32.4. The summed E-state index contributed by atoms with van der Waals surface area (Å²) in [5, 5.41) is 8.41. The zero-order valence-electron chi connectivity index (χ0n) is 14.5. The molecule has 0 unspecified atom stereocenters. The van der Waals surface area contributed by atoms with Gasteiger partial charge in [0.1, 0.15) is 0 Å². The van der Waals surface area contributed by atoms with Gasteiger partial charge in [-0.25, -0.2) is 4.39 Å². The maximum atomic E-state index is 13.5. The van der Waals surface area contributed by atoms with Crippen molar-refractivity contribution in [2.75, 3.05) is 6.61 Å². The van der Waals surface area contributed by atoms with Crippen LogP contribution in [0.25, 0.3) is 0 Å². The van der Waals surface area contributed by atoms with Crippen LogP contribution in [0.4, 0.5) is 83.4 Å². The van der Waals surface area contributed by atoms with E-state index in [1.165, 1.54) is 0 Å². The molecule has 21 heteroatoms. The average Bonchev–Trinajstić information content (AvgIpc) is 2.57. The second kappa shape index (κ2) is 8.49. The van der Waals surface area contributed by atoms with Crippen LogP contribution in [0.5, 0.6) is 0 Å². The Morgan fingerprint density at radius 3 is 1.03 bits per heavy atom. The molecule has 0 heterocycles. The van der Waals surface area contributed by atoms with Crippen LogP contribution in [-0.4, -0.2) is 69.2 Å². The van der Waals surface area contributed by atoms with Gasteiger partial charge in [0.25, 0.3) is 0 Å². The number of aliphatic hydroxyl groups is 1. The number of alkyl halides is 20. The van der Waals surface area contributed by atoms with Crippen LogP contribution in [-0.2, 0) is 0 Å². The summed E-state index contributed by atoms with van der Waals surface area (Å²) < 4.78 is 246. The number of hydrogen-bond donors (Lipinski definition) is 1. The zero-order valence-corrected chi connectivity index (χ0v) is 16.7. The minimum absolute atomic E-state index is 0.613. The van der Waals surface area contributed by atoms with E-state index in [2.05, 4.69) is 0 Å². The number of hydrogen-bond acceptors (Lipinski definition) is 1. The van der Waals surface area contributed by atoms with Gasteiger partial charge in [0.15, 0.2) is 0 Å². The van der Waals surface area contributed by atoms with Crippen molar-refractivity contribution in [2.45, 2.75) is 63.9 Å². The molecule has 0 radical (unpaired) electrons. The highest BCUT2D eigenvalue weighted by atomic mass is 127. The third-order valence-electron chi connectivity index (χ3n) is 3.93. The van der Waals surface area contributed by atoms with Crippen LogP contribution < -0.4 is 0 Å². The molecule has 0 rings (SSSR count). The van der Waals surface area contributed by atoms with Gasteiger partial charge < -0.3 is 5.11 Å². The molecule has 200 valence electrons. The summed E-state index contributed by atoms with van der Waals surface area (Å²) in [5.41, 5.74) is -8.74. The molecule has 0 fully saturated rings. The van der Waals surface area contributed by atoms with E-state index in [1.54, 1.807) is 0 Å². The second-order valence-electron chi connectivity index (χ2n) is 6.21. The van der Waals surface area contributed by atoms with Gasteiger partial charge in [-0.2, -0.15) is 79.0 Å². The highest BCUT2D eigenvalue weighted by molar-refractivity contribution is 14.1. The second-order valence-corrected chi connectivity index (χ2v) is 7.98. The van der Waals surface area contributed by atoms with Gasteiger partial charge >= 0.3 is 53.6 Å². The summed E-state index contributed by atoms with van der Waals surface area (Å²) in [6, 6.07) is 0. The van der Waals surface area contributed by atoms with Gasteiger partial charge in [0.05, 0.1) is 6.61 Å². The summed E-state index contributed by atoms with van der Waals surface area (Å²) in [5.74, 6) is -49.8. The molecule has 0 spiro atoms. The molecule has 0 saturated heterocycles. The molecular weight excluding hydrogens is 648 g/mol. The number of halogens is 20. The minimum Gasteiger partial charge on any atom is -0.395 e. The molecule has 0 aliphatic carbocycles. The molecule has 0 bridgehead atoms. The van der Waals surface area contributed by atoms with Crippen LogP contribution in [0.15, 0.2) is 0 Å². The lowest BCUT2D eigenvalue weighted by molar-refractivity contribution is -0.472. The normalized spacial score (nSPS) is 17.4. The molecule has 0 aromatic rings. The number of rotatable bonds is 9. The predicted molar refractivity (Wildman–Crippen MR) is 75.1 cm³/mol. The Labute approximate surface area is 182 Å². The lowest BCUT2D eigenvalue weighted by atomic mass is 9.83. The fourth-order valence-electron chi connectivity index (χ4n) is 2.03. The SMILES string of the molecule is OC[C@H](I)CC(F)(F)C(F)(F)C(F)(F)C(F)(F)C(F)(F)C(F)(F)C(F)(C(F)(F)F)C(F)(F)F. The molecule has 0 saturated carbocycles. The van der Waals surface area contributed by atoms with E-state index in [1.807, 2.05) is 0 Å². The fraction of sp³-hybridized carbons (Fsp3) is 1.00. The first-order valence-corrected chi connectivity index (χ1v) is 8.54. The van der Waals surface area contributed by atoms with Crippen molar-refractivity contribution in [1.82, 2.24) is 0 Å². The van der Waals surface area contributed by atoms with E-state index in [-0.39, 0.29) is 0 Å². The van der Waals surface area contributed by atoms with Gasteiger partial charge in [-0.1, -0.05) is 22.6 Å². The zero-order chi connectivity index (χ0) is 27.5. The Bertz CT molecular complexity index is 678. The Kier molecular flexibility index (Phi) is 8.32. The molecule has 33 heavy (non-hydrogen) atoms. The molecule has 1 nitrogen and oxygen atoms in total. The van der Waals surface area contributed by atoms with E-state index in [9.17, 15) is 83.4 Å². The highest BCUT2D eigenvalue weighted by Crippen LogP contribution is 2.66. The number of aliphatic hydroxyl groups excluding tert-OH is 1. The summed E-state index contributed by atoms with van der Waals surface area (Å²) in [7, 11) is 0. The lowest BCUT2D eigenvalue weighted by Crippen LogP contribution is -2.77. The fourth-order valence-corrected chi connectivity index (χ4v) is 2.58. The van der Waals surface area contributed by atoms with Crippen LogP contribution in [0.2, 0.25) is 0 Å². The highest BCUT2D eigenvalue weighted by Gasteiger charge is 2.98. The molecule has 1 N–H and O–H groups in total. The van der Waals surface area contributed by atoms with Crippen molar-refractivity contribution in [3.05, 3.63) is 0 Å². The van der Waals surface area contributed by atoms with Gasteiger partial charge in [0.2, 0.25) is 0 Å². The molecular formula is C12H6F19IO. The monoisotopic (exact) mass is 654 g/mol. The van der Waals surface area contributed by atoms with E-state index in [0.29, 0.717) is 22.6 Å². The van der Waals surface area contributed by atoms with Crippen molar-refractivity contribution in [2.24, 2.45) is 0 Å². The third kappa shape index (κ3) is 4.40. The summed E-state index contributed by atoms with van der Waals surface area (Å²) in [4.78, 5) is 0. The van der Waals surface area contributed by atoms with Crippen LogP contribution in [0, 0.1) is 0 Å². The minimum atomic E-state index is -9.01. The Hall–Kier alpha value is -0.640. The molecule has 0 aliphatic heterocycles. The van der Waals surface area contributed by atoms with Crippen molar-refractivity contribution in [1.29, 1.82) is 0 Å². The smallest absolute Gasteiger partial charge is 0.395 e. The summed E-state index contributed by atoms with van der Waals surface area (Å²) in [6.45, 7) is -1.57. The van der Waals surface area contributed by atoms with Crippen molar-refractivity contribution < 1.29 is 88.5 Å². The maximum absolute atomic E-state index is 13.5. The van der Waals surface area contributed by atoms with Crippen LogP contribution >= 0.6 is 22.6 Å². The maximum Gasteiger partial charge on any atom is 0.438 e. The molecule has 1 atom stereocenters. The molecule has 0 aromatic carbocycles. The topological polar surface area (TPSA) is 20.2 Å². The largest absolute Gasteiger partial charge is 0.438 e. The van der Waals surface area contributed by atoms with Gasteiger partial charge in [-0.05, 0) is 0 Å².